The van der Waals surface area contributed by atoms with E-state index >= 15 is 0 Å². The summed E-state index contributed by atoms with van der Waals surface area (Å²) >= 11 is 11.8. The van der Waals surface area contributed by atoms with Crippen LogP contribution in [0.15, 0.2) is 24.3 Å². The monoisotopic (exact) mass is 270 g/mol. The van der Waals surface area contributed by atoms with E-state index in [0.717, 1.165) is 0 Å². The van der Waals surface area contributed by atoms with Crippen LogP contribution >= 0.6 is 23.2 Å². The van der Waals surface area contributed by atoms with Crippen LogP contribution in [0.3, 0.4) is 0 Å². The van der Waals surface area contributed by atoms with E-state index in [2.05, 4.69) is 9.97 Å². The molecule has 5 nitrogen and oxygen atoms in total. The van der Waals surface area contributed by atoms with Crippen LogP contribution in [0.5, 0.6) is 11.6 Å². The lowest BCUT2D eigenvalue weighted by Gasteiger charge is -2.08. The van der Waals surface area contributed by atoms with Crippen LogP contribution in [0.25, 0.3) is 0 Å². The SMILES string of the molecule is Nc1cc(Oc2cccc(Cl)c2Cl)nc(N)n1. The number of benzene rings is 1. The second-order valence-corrected chi connectivity index (χ2v) is 3.93. The van der Waals surface area contributed by atoms with Crippen LogP contribution in [0.1, 0.15) is 0 Å². The van der Waals surface area contributed by atoms with Gasteiger partial charge in [0.15, 0.2) is 0 Å². The van der Waals surface area contributed by atoms with E-state index in [9.17, 15) is 0 Å². The molecule has 0 amide bonds. The summed E-state index contributed by atoms with van der Waals surface area (Å²) in [7, 11) is 0. The van der Waals surface area contributed by atoms with E-state index in [1.807, 2.05) is 0 Å². The van der Waals surface area contributed by atoms with Crippen LogP contribution in [0.4, 0.5) is 11.8 Å². The minimum Gasteiger partial charge on any atom is -0.437 e. The van der Waals surface area contributed by atoms with Gasteiger partial charge in [0, 0.05) is 6.07 Å². The number of ether oxygens (including phenoxy) is 1. The first kappa shape index (κ1) is 11.8. The first-order valence-corrected chi connectivity index (χ1v) is 5.34. The molecule has 0 aliphatic rings. The van der Waals surface area contributed by atoms with Gasteiger partial charge in [0.05, 0.1) is 5.02 Å². The summed E-state index contributed by atoms with van der Waals surface area (Å²) in [4.78, 5) is 7.58. The molecule has 0 radical (unpaired) electrons. The molecule has 1 aromatic carbocycles. The minimum atomic E-state index is 0.0261. The number of hydrogen-bond donors (Lipinski definition) is 2. The highest BCUT2D eigenvalue weighted by atomic mass is 35.5. The fourth-order valence-corrected chi connectivity index (χ4v) is 1.52. The van der Waals surface area contributed by atoms with Crippen LogP contribution in [0.2, 0.25) is 10.0 Å². The average Bonchev–Trinajstić information content (AvgIpc) is 2.23. The number of nitrogen functional groups attached to an aromatic ring is 2. The van der Waals surface area contributed by atoms with Crippen LogP contribution in [-0.2, 0) is 0 Å². The molecule has 0 aliphatic carbocycles. The number of halogens is 2. The standard InChI is InChI=1S/C10H8Cl2N4O/c11-5-2-1-3-6(9(5)12)17-8-4-7(13)15-10(14)16-8/h1-4H,(H4,13,14,15,16). The van der Waals surface area contributed by atoms with Crippen molar-refractivity contribution in [2.75, 3.05) is 11.5 Å². The molecule has 1 aromatic heterocycles. The lowest BCUT2D eigenvalue weighted by atomic mass is 10.3. The van der Waals surface area contributed by atoms with Crippen molar-refractivity contribution in [1.29, 1.82) is 0 Å². The molecule has 1 heterocycles. The van der Waals surface area contributed by atoms with Gasteiger partial charge in [-0.15, -0.1) is 0 Å². The Kier molecular flexibility index (Phi) is 3.21. The van der Waals surface area contributed by atoms with E-state index < -0.39 is 0 Å². The van der Waals surface area contributed by atoms with E-state index in [1.54, 1.807) is 18.2 Å². The van der Waals surface area contributed by atoms with E-state index in [1.165, 1.54) is 6.07 Å². The predicted molar refractivity (Wildman–Crippen MR) is 67.4 cm³/mol. The van der Waals surface area contributed by atoms with Gasteiger partial charge in [-0.3, -0.25) is 0 Å². The third kappa shape index (κ3) is 2.69. The van der Waals surface area contributed by atoms with Crippen LogP contribution in [0, 0.1) is 0 Å². The van der Waals surface area contributed by atoms with Gasteiger partial charge in [-0.05, 0) is 12.1 Å². The Morgan fingerprint density at radius 3 is 2.59 bits per heavy atom. The van der Waals surface area contributed by atoms with Crippen molar-refractivity contribution in [3.8, 4) is 11.6 Å². The summed E-state index contributed by atoms with van der Waals surface area (Å²) in [5.74, 6) is 0.819. The topological polar surface area (TPSA) is 87.0 Å². The average molecular weight is 271 g/mol. The zero-order valence-electron chi connectivity index (χ0n) is 8.52. The Balaban J connectivity index is 2.34. The highest BCUT2D eigenvalue weighted by Gasteiger charge is 2.08. The van der Waals surface area contributed by atoms with Gasteiger partial charge in [-0.1, -0.05) is 29.3 Å². The van der Waals surface area contributed by atoms with Gasteiger partial charge in [-0.25, -0.2) is 0 Å². The molecule has 4 N–H and O–H groups in total. The quantitative estimate of drug-likeness (QED) is 0.876. The number of nitrogens with two attached hydrogens (primary N) is 2. The molecule has 0 spiro atoms. The summed E-state index contributed by atoms with van der Waals surface area (Å²) in [6.45, 7) is 0. The normalized spacial score (nSPS) is 10.2. The molecule has 0 saturated heterocycles. The third-order valence-corrected chi connectivity index (χ3v) is 2.67. The molecule has 0 aliphatic heterocycles. The summed E-state index contributed by atoms with van der Waals surface area (Å²) in [6.07, 6.45) is 0. The Labute approximate surface area is 107 Å². The fraction of sp³-hybridized carbons (Fsp3) is 0. The molecule has 0 atom stereocenters. The summed E-state index contributed by atoms with van der Waals surface area (Å²) in [6, 6.07) is 6.45. The molecular formula is C10H8Cl2N4O. The molecule has 88 valence electrons. The second kappa shape index (κ2) is 4.65. The highest BCUT2D eigenvalue weighted by Crippen LogP contribution is 2.34. The van der Waals surface area contributed by atoms with Crippen molar-refractivity contribution >= 4 is 35.0 Å². The first-order valence-electron chi connectivity index (χ1n) is 4.58. The molecule has 0 unspecified atom stereocenters. The maximum atomic E-state index is 5.96. The summed E-state index contributed by atoms with van der Waals surface area (Å²) in [5.41, 5.74) is 11.0. The molecule has 0 fully saturated rings. The summed E-state index contributed by atoms with van der Waals surface area (Å²) < 4.78 is 5.42. The maximum absolute atomic E-state index is 5.96. The van der Waals surface area contributed by atoms with Crippen LogP contribution < -0.4 is 16.2 Å². The summed E-state index contributed by atoms with van der Waals surface area (Å²) in [5, 5.41) is 0.684. The number of hydrogen-bond acceptors (Lipinski definition) is 5. The predicted octanol–water partition coefficient (Wildman–Crippen LogP) is 2.74. The lowest BCUT2D eigenvalue weighted by Crippen LogP contribution is -2.00. The Hall–Kier alpha value is -1.72. The second-order valence-electron chi connectivity index (χ2n) is 3.14. The van der Waals surface area contributed by atoms with Gasteiger partial charge in [0.25, 0.3) is 0 Å². The van der Waals surface area contributed by atoms with E-state index in [-0.39, 0.29) is 17.6 Å². The smallest absolute Gasteiger partial charge is 0.226 e. The Morgan fingerprint density at radius 2 is 1.88 bits per heavy atom. The zero-order valence-corrected chi connectivity index (χ0v) is 10.0. The number of nitrogens with zero attached hydrogens (tertiary/aromatic N) is 2. The van der Waals surface area contributed by atoms with E-state index in [0.29, 0.717) is 15.8 Å². The van der Waals surface area contributed by atoms with Crippen molar-refractivity contribution in [2.24, 2.45) is 0 Å². The molecule has 7 heteroatoms. The molecule has 0 saturated carbocycles. The Bertz CT molecular complexity index is 542. The van der Waals surface area contributed by atoms with E-state index in [4.69, 9.17) is 39.4 Å². The van der Waals surface area contributed by atoms with Gasteiger partial charge in [-0.2, -0.15) is 9.97 Å². The first-order chi connectivity index (χ1) is 8.06. The molecule has 2 rings (SSSR count). The lowest BCUT2D eigenvalue weighted by molar-refractivity contribution is 0.463. The van der Waals surface area contributed by atoms with Crippen molar-refractivity contribution in [3.05, 3.63) is 34.3 Å². The Morgan fingerprint density at radius 1 is 1.12 bits per heavy atom. The maximum Gasteiger partial charge on any atom is 0.226 e. The van der Waals surface area contributed by atoms with Gasteiger partial charge in [0.2, 0.25) is 11.8 Å². The zero-order chi connectivity index (χ0) is 12.4. The molecule has 17 heavy (non-hydrogen) atoms. The minimum absolute atomic E-state index is 0.0261. The van der Waals surface area contributed by atoms with Gasteiger partial charge in [0.1, 0.15) is 16.6 Å². The van der Waals surface area contributed by atoms with Gasteiger partial charge >= 0.3 is 0 Å². The largest absolute Gasteiger partial charge is 0.437 e. The van der Waals surface area contributed by atoms with Crippen molar-refractivity contribution in [1.82, 2.24) is 9.97 Å². The van der Waals surface area contributed by atoms with Crippen molar-refractivity contribution < 1.29 is 4.74 Å². The van der Waals surface area contributed by atoms with Crippen molar-refractivity contribution in [3.63, 3.8) is 0 Å². The molecule has 0 bridgehead atoms. The highest BCUT2D eigenvalue weighted by molar-refractivity contribution is 6.42. The number of rotatable bonds is 2. The third-order valence-electron chi connectivity index (χ3n) is 1.87. The number of aromatic nitrogens is 2. The molecule has 2 aromatic rings. The fourth-order valence-electron chi connectivity index (χ4n) is 1.19. The van der Waals surface area contributed by atoms with Gasteiger partial charge < -0.3 is 16.2 Å². The van der Waals surface area contributed by atoms with Crippen molar-refractivity contribution in [2.45, 2.75) is 0 Å². The number of anilines is 2. The molecular weight excluding hydrogens is 263 g/mol. The van der Waals surface area contributed by atoms with Crippen LogP contribution in [-0.4, -0.2) is 9.97 Å².